The number of ether oxygens (including phenoxy) is 3. The summed E-state index contributed by atoms with van der Waals surface area (Å²) in [5.41, 5.74) is 1.27. The lowest BCUT2D eigenvalue weighted by molar-refractivity contribution is 0.173. The van der Waals surface area contributed by atoms with Gasteiger partial charge in [0.15, 0.2) is 11.5 Å². The Morgan fingerprint density at radius 1 is 1.05 bits per heavy atom. The molecule has 0 aliphatic carbocycles. The van der Waals surface area contributed by atoms with Crippen molar-refractivity contribution in [2.45, 2.75) is 5.92 Å². The Kier molecular flexibility index (Phi) is 4.11. The SMILES string of the molecule is BrCC(COc1ccc2c(c1)OCO2)c1ccccc1. The molecule has 0 saturated carbocycles. The molecule has 20 heavy (non-hydrogen) atoms. The van der Waals surface area contributed by atoms with Gasteiger partial charge in [0, 0.05) is 17.3 Å². The predicted octanol–water partition coefficient (Wildman–Crippen LogP) is 3.97. The molecule has 1 heterocycles. The summed E-state index contributed by atoms with van der Waals surface area (Å²) in [4.78, 5) is 0. The minimum absolute atomic E-state index is 0.285. The first kappa shape index (κ1) is 13.3. The molecule has 0 radical (unpaired) electrons. The minimum atomic E-state index is 0.285. The summed E-state index contributed by atoms with van der Waals surface area (Å²) in [6.07, 6.45) is 0. The van der Waals surface area contributed by atoms with Crippen LogP contribution in [-0.2, 0) is 0 Å². The van der Waals surface area contributed by atoms with Crippen LogP contribution in [0.25, 0.3) is 0 Å². The van der Waals surface area contributed by atoms with E-state index in [1.54, 1.807) is 0 Å². The largest absolute Gasteiger partial charge is 0.493 e. The van der Waals surface area contributed by atoms with Crippen LogP contribution in [0, 0.1) is 0 Å². The van der Waals surface area contributed by atoms with E-state index in [2.05, 4.69) is 28.1 Å². The fraction of sp³-hybridized carbons (Fsp3) is 0.250. The Labute approximate surface area is 126 Å². The Balaban J connectivity index is 1.66. The van der Waals surface area contributed by atoms with Crippen molar-refractivity contribution in [3.63, 3.8) is 0 Å². The quantitative estimate of drug-likeness (QED) is 0.774. The fourth-order valence-corrected chi connectivity index (χ4v) is 2.68. The predicted molar refractivity (Wildman–Crippen MR) is 81.0 cm³/mol. The monoisotopic (exact) mass is 334 g/mol. The van der Waals surface area contributed by atoms with Crippen molar-refractivity contribution in [3.8, 4) is 17.2 Å². The molecule has 1 aliphatic heterocycles. The Hall–Kier alpha value is -1.68. The summed E-state index contributed by atoms with van der Waals surface area (Å²) in [5, 5.41) is 0.863. The van der Waals surface area contributed by atoms with Crippen LogP contribution >= 0.6 is 15.9 Å². The van der Waals surface area contributed by atoms with Gasteiger partial charge in [-0.15, -0.1) is 0 Å². The van der Waals surface area contributed by atoms with Gasteiger partial charge in [0.05, 0.1) is 6.61 Å². The number of hydrogen-bond acceptors (Lipinski definition) is 3. The van der Waals surface area contributed by atoms with Crippen molar-refractivity contribution in [1.82, 2.24) is 0 Å². The van der Waals surface area contributed by atoms with Crippen molar-refractivity contribution < 1.29 is 14.2 Å². The Bertz CT molecular complexity index is 571. The third-order valence-corrected chi connectivity index (χ3v) is 4.03. The second-order valence-corrected chi connectivity index (χ2v) is 5.24. The zero-order chi connectivity index (χ0) is 13.8. The highest BCUT2D eigenvalue weighted by molar-refractivity contribution is 9.09. The molecular formula is C16H15BrO3. The van der Waals surface area contributed by atoms with E-state index in [9.17, 15) is 0 Å². The molecule has 1 atom stereocenters. The highest BCUT2D eigenvalue weighted by Gasteiger charge is 2.15. The van der Waals surface area contributed by atoms with Gasteiger partial charge in [0.2, 0.25) is 6.79 Å². The molecule has 1 unspecified atom stereocenters. The Morgan fingerprint density at radius 3 is 2.65 bits per heavy atom. The lowest BCUT2D eigenvalue weighted by Crippen LogP contribution is -2.11. The van der Waals surface area contributed by atoms with Gasteiger partial charge >= 0.3 is 0 Å². The zero-order valence-electron chi connectivity index (χ0n) is 10.9. The van der Waals surface area contributed by atoms with Gasteiger partial charge in [0.1, 0.15) is 5.75 Å². The summed E-state index contributed by atoms with van der Waals surface area (Å²) in [7, 11) is 0. The fourth-order valence-electron chi connectivity index (χ4n) is 2.12. The van der Waals surface area contributed by atoms with Crippen LogP contribution < -0.4 is 14.2 Å². The van der Waals surface area contributed by atoms with Crippen LogP contribution in [0.2, 0.25) is 0 Å². The van der Waals surface area contributed by atoms with Crippen molar-refractivity contribution in [1.29, 1.82) is 0 Å². The number of fused-ring (bicyclic) bond motifs is 1. The maximum atomic E-state index is 5.87. The standard InChI is InChI=1S/C16H15BrO3/c17-9-13(12-4-2-1-3-5-12)10-18-14-6-7-15-16(8-14)20-11-19-15/h1-8,13H,9-11H2. The molecule has 2 aromatic carbocycles. The number of halogens is 1. The molecule has 0 saturated heterocycles. The van der Waals surface area contributed by atoms with Gasteiger partial charge in [0.25, 0.3) is 0 Å². The van der Waals surface area contributed by atoms with Gasteiger partial charge in [-0.3, -0.25) is 0 Å². The van der Waals surface area contributed by atoms with Crippen LogP contribution in [0.1, 0.15) is 11.5 Å². The summed E-state index contributed by atoms with van der Waals surface area (Å²) in [5.74, 6) is 2.65. The lowest BCUT2D eigenvalue weighted by atomic mass is 10.0. The first-order valence-electron chi connectivity index (χ1n) is 6.50. The average Bonchev–Trinajstić information content (AvgIpc) is 2.96. The normalized spacial score (nSPS) is 14.1. The molecule has 0 fully saturated rings. The number of rotatable bonds is 5. The molecule has 0 bridgehead atoms. The topological polar surface area (TPSA) is 27.7 Å². The summed E-state index contributed by atoms with van der Waals surface area (Å²) in [6.45, 7) is 0.904. The van der Waals surface area contributed by atoms with Crippen LogP contribution in [0.15, 0.2) is 48.5 Å². The molecular weight excluding hydrogens is 320 g/mol. The second-order valence-electron chi connectivity index (χ2n) is 4.59. The first-order chi connectivity index (χ1) is 9.86. The average molecular weight is 335 g/mol. The van der Waals surface area contributed by atoms with Crippen molar-refractivity contribution in [2.75, 3.05) is 18.7 Å². The van der Waals surface area contributed by atoms with E-state index in [0.717, 1.165) is 22.6 Å². The lowest BCUT2D eigenvalue weighted by Gasteiger charge is -2.15. The molecule has 0 N–H and O–H groups in total. The van der Waals surface area contributed by atoms with E-state index in [1.807, 2.05) is 36.4 Å². The summed E-state index contributed by atoms with van der Waals surface area (Å²) >= 11 is 3.55. The summed E-state index contributed by atoms with van der Waals surface area (Å²) < 4.78 is 16.5. The maximum absolute atomic E-state index is 5.87. The molecule has 0 amide bonds. The maximum Gasteiger partial charge on any atom is 0.231 e. The third kappa shape index (κ3) is 2.90. The third-order valence-electron chi connectivity index (χ3n) is 3.25. The van der Waals surface area contributed by atoms with E-state index in [-0.39, 0.29) is 6.79 Å². The van der Waals surface area contributed by atoms with Gasteiger partial charge in [-0.1, -0.05) is 46.3 Å². The van der Waals surface area contributed by atoms with Gasteiger partial charge in [-0.05, 0) is 17.7 Å². The van der Waals surface area contributed by atoms with Crippen molar-refractivity contribution in [2.24, 2.45) is 0 Å². The minimum Gasteiger partial charge on any atom is -0.493 e. The highest BCUT2D eigenvalue weighted by atomic mass is 79.9. The number of benzene rings is 2. The van der Waals surface area contributed by atoms with E-state index >= 15 is 0 Å². The van der Waals surface area contributed by atoms with E-state index < -0.39 is 0 Å². The molecule has 104 valence electrons. The van der Waals surface area contributed by atoms with Crippen LogP contribution in [-0.4, -0.2) is 18.7 Å². The first-order valence-corrected chi connectivity index (χ1v) is 7.62. The van der Waals surface area contributed by atoms with Gasteiger partial charge in [-0.2, -0.15) is 0 Å². The van der Waals surface area contributed by atoms with Crippen molar-refractivity contribution >= 4 is 15.9 Å². The Morgan fingerprint density at radius 2 is 1.85 bits per heavy atom. The molecule has 3 rings (SSSR count). The highest BCUT2D eigenvalue weighted by Crippen LogP contribution is 2.35. The molecule has 2 aromatic rings. The molecule has 3 nitrogen and oxygen atoms in total. The summed E-state index contributed by atoms with van der Waals surface area (Å²) in [6, 6.07) is 16.0. The molecule has 0 spiro atoms. The second kappa shape index (κ2) is 6.18. The van der Waals surface area contributed by atoms with Crippen LogP contribution in [0.5, 0.6) is 17.2 Å². The molecule has 0 aromatic heterocycles. The molecule has 1 aliphatic rings. The molecule has 4 heteroatoms. The van der Waals surface area contributed by atoms with Crippen LogP contribution in [0.3, 0.4) is 0 Å². The smallest absolute Gasteiger partial charge is 0.231 e. The number of alkyl halides is 1. The number of hydrogen-bond donors (Lipinski definition) is 0. The zero-order valence-corrected chi connectivity index (χ0v) is 12.5. The van der Waals surface area contributed by atoms with E-state index in [0.29, 0.717) is 12.5 Å². The van der Waals surface area contributed by atoms with Crippen LogP contribution in [0.4, 0.5) is 0 Å². The van der Waals surface area contributed by atoms with E-state index in [4.69, 9.17) is 14.2 Å². The van der Waals surface area contributed by atoms with Gasteiger partial charge < -0.3 is 14.2 Å². The van der Waals surface area contributed by atoms with E-state index in [1.165, 1.54) is 5.56 Å². The van der Waals surface area contributed by atoms with Gasteiger partial charge in [-0.25, -0.2) is 0 Å². The van der Waals surface area contributed by atoms with Crippen molar-refractivity contribution in [3.05, 3.63) is 54.1 Å².